The first-order valence-corrected chi connectivity index (χ1v) is 10.1. The van der Waals surface area contributed by atoms with Gasteiger partial charge in [-0.1, -0.05) is 27.7 Å². The Bertz CT molecular complexity index is 759. The highest BCUT2D eigenvalue weighted by molar-refractivity contribution is 5.49. The number of aliphatic hydroxyl groups is 6. The molecule has 0 radical (unpaired) electrons. The molecule has 5 rings (SSSR count). The van der Waals surface area contributed by atoms with E-state index in [0.717, 1.165) is 0 Å². The topological polar surface area (TPSA) is 131 Å². The number of rotatable bonds is 1. The van der Waals surface area contributed by atoms with Gasteiger partial charge in [0.2, 0.25) is 0 Å². The van der Waals surface area contributed by atoms with Crippen LogP contribution >= 0.6 is 0 Å². The molecular weight excluding hydrogens is 352 g/mol. The molecular formula is C20H32O7. The van der Waals surface area contributed by atoms with Gasteiger partial charge in [0.15, 0.2) is 5.79 Å². The summed E-state index contributed by atoms with van der Waals surface area (Å²) < 4.78 is 6.01. The van der Waals surface area contributed by atoms with Crippen LogP contribution in [-0.2, 0) is 4.74 Å². The Morgan fingerprint density at radius 2 is 1.52 bits per heavy atom. The smallest absolute Gasteiger partial charge is 0.178 e. The maximum absolute atomic E-state index is 12.1. The van der Waals surface area contributed by atoms with Crippen molar-refractivity contribution >= 4 is 0 Å². The minimum atomic E-state index is -2.11. The van der Waals surface area contributed by atoms with Gasteiger partial charge in [-0.2, -0.15) is 0 Å². The zero-order chi connectivity index (χ0) is 20.3. The first kappa shape index (κ1) is 18.7. The fourth-order valence-corrected chi connectivity index (χ4v) is 8.54. The lowest BCUT2D eigenvalue weighted by molar-refractivity contribution is -0.382. The summed E-state index contributed by atoms with van der Waals surface area (Å²) in [6.45, 7) is 8.51. The van der Waals surface area contributed by atoms with Crippen LogP contribution < -0.4 is 0 Å². The van der Waals surface area contributed by atoms with E-state index in [9.17, 15) is 30.6 Å². The molecule has 5 bridgehead atoms. The number of ether oxygens (including phenoxy) is 1. The van der Waals surface area contributed by atoms with Crippen LogP contribution in [0, 0.1) is 22.7 Å². The largest absolute Gasteiger partial charge is 0.389 e. The Hall–Kier alpha value is -0.280. The average molecular weight is 384 g/mol. The van der Waals surface area contributed by atoms with Gasteiger partial charge in [0, 0.05) is 18.3 Å². The number of hydrogen-bond acceptors (Lipinski definition) is 7. The molecule has 1 heterocycles. The first-order chi connectivity index (χ1) is 12.1. The van der Waals surface area contributed by atoms with Crippen LogP contribution in [0.5, 0.6) is 0 Å². The van der Waals surface area contributed by atoms with E-state index in [1.165, 1.54) is 0 Å². The van der Waals surface area contributed by atoms with E-state index >= 15 is 0 Å². The zero-order valence-corrected chi connectivity index (χ0v) is 16.7. The Kier molecular flexibility index (Phi) is 2.86. The van der Waals surface area contributed by atoms with Crippen LogP contribution in [-0.4, -0.2) is 70.5 Å². The molecule has 0 aromatic heterocycles. The minimum absolute atomic E-state index is 0.174. The number of fused-ring (bicyclic) bond motifs is 3. The molecule has 7 nitrogen and oxygen atoms in total. The van der Waals surface area contributed by atoms with Crippen molar-refractivity contribution in [3.05, 3.63) is 0 Å². The van der Waals surface area contributed by atoms with Gasteiger partial charge in [-0.3, -0.25) is 0 Å². The highest BCUT2D eigenvalue weighted by Gasteiger charge is 3.01. The van der Waals surface area contributed by atoms with Crippen LogP contribution in [0.4, 0.5) is 0 Å². The second-order valence-corrected chi connectivity index (χ2v) is 10.9. The molecule has 0 amide bonds. The van der Waals surface area contributed by atoms with E-state index in [4.69, 9.17) is 4.74 Å². The third kappa shape index (κ3) is 1.20. The van der Waals surface area contributed by atoms with Crippen molar-refractivity contribution in [1.82, 2.24) is 0 Å². The van der Waals surface area contributed by atoms with Gasteiger partial charge in [-0.15, -0.1) is 0 Å². The molecule has 4 aliphatic carbocycles. The average Bonchev–Trinajstić information content (AvgIpc) is 2.92. The Labute approximate surface area is 159 Å². The van der Waals surface area contributed by atoms with Crippen molar-refractivity contribution in [3.63, 3.8) is 0 Å². The summed E-state index contributed by atoms with van der Waals surface area (Å²) in [5.41, 5.74) is -12.4. The lowest BCUT2D eigenvalue weighted by Gasteiger charge is -2.69. The van der Waals surface area contributed by atoms with Gasteiger partial charge >= 0.3 is 0 Å². The second kappa shape index (κ2) is 4.13. The molecule has 0 aromatic carbocycles. The van der Waals surface area contributed by atoms with Gasteiger partial charge in [0.25, 0.3) is 0 Å². The highest BCUT2D eigenvalue weighted by atomic mass is 16.7. The third-order valence-corrected chi connectivity index (χ3v) is 10.4. The molecule has 154 valence electrons. The van der Waals surface area contributed by atoms with Crippen molar-refractivity contribution in [1.29, 1.82) is 0 Å². The molecule has 1 saturated heterocycles. The minimum Gasteiger partial charge on any atom is -0.389 e. The molecule has 5 fully saturated rings. The van der Waals surface area contributed by atoms with E-state index < -0.39 is 62.6 Å². The van der Waals surface area contributed by atoms with Crippen LogP contribution in [0.25, 0.3) is 0 Å². The van der Waals surface area contributed by atoms with E-state index in [1.807, 2.05) is 0 Å². The molecule has 0 aromatic rings. The van der Waals surface area contributed by atoms with E-state index in [1.54, 1.807) is 34.6 Å². The molecule has 10 atom stereocenters. The van der Waals surface area contributed by atoms with Gasteiger partial charge in [0.1, 0.15) is 28.5 Å². The Balaban J connectivity index is 1.92. The molecule has 4 saturated carbocycles. The molecule has 6 N–H and O–H groups in total. The summed E-state index contributed by atoms with van der Waals surface area (Å²) in [5, 5.41) is 71.2. The predicted molar refractivity (Wildman–Crippen MR) is 93.3 cm³/mol. The summed E-state index contributed by atoms with van der Waals surface area (Å²) in [4.78, 5) is 0. The third-order valence-electron chi connectivity index (χ3n) is 10.4. The standard InChI is InChI=1S/C20H32O7/c1-10(2)15(21)9-17(23)13(4)8-18(24)14(15,5)20(17,26)12(27-18)19(25)11(3)6-7-16(13,19)22/h10-12,21-26H,6-9H2,1-5H3/t11?,12?,13-,14?,15-,16-,17+,18?,19?,20?/m0/s1. The summed E-state index contributed by atoms with van der Waals surface area (Å²) >= 11 is 0. The summed E-state index contributed by atoms with van der Waals surface area (Å²) in [6.07, 6.45) is -1.04. The van der Waals surface area contributed by atoms with Gasteiger partial charge < -0.3 is 35.4 Å². The molecule has 1 aliphatic heterocycles. The van der Waals surface area contributed by atoms with Crippen LogP contribution in [0.2, 0.25) is 0 Å². The van der Waals surface area contributed by atoms with E-state index in [2.05, 4.69) is 0 Å². The van der Waals surface area contributed by atoms with Crippen molar-refractivity contribution in [2.75, 3.05) is 0 Å². The lowest BCUT2D eigenvalue weighted by Crippen LogP contribution is -2.88. The summed E-state index contributed by atoms with van der Waals surface area (Å²) in [7, 11) is 0. The Morgan fingerprint density at radius 1 is 0.926 bits per heavy atom. The molecule has 5 aliphatic rings. The molecule has 27 heavy (non-hydrogen) atoms. The highest BCUT2D eigenvalue weighted by Crippen LogP contribution is 2.85. The SMILES string of the molecule is CC1CC[C@@]2(O)C1(O)C1OC3(O)C[C@]2(C)[C@]2(O)C[C@](O)(C(C)C)C3(C)C12O. The van der Waals surface area contributed by atoms with Crippen molar-refractivity contribution in [2.24, 2.45) is 22.7 Å². The van der Waals surface area contributed by atoms with Gasteiger partial charge in [-0.25, -0.2) is 0 Å². The first-order valence-electron chi connectivity index (χ1n) is 10.1. The van der Waals surface area contributed by atoms with E-state index in [0.29, 0.717) is 6.42 Å². The van der Waals surface area contributed by atoms with Crippen molar-refractivity contribution in [3.8, 4) is 0 Å². The molecule has 6 unspecified atom stereocenters. The Morgan fingerprint density at radius 3 is 2.07 bits per heavy atom. The summed E-state index contributed by atoms with van der Waals surface area (Å²) in [6, 6.07) is 0. The second-order valence-electron chi connectivity index (χ2n) is 10.9. The fraction of sp³-hybridized carbons (Fsp3) is 1.00. The predicted octanol–water partition coefficient (Wildman–Crippen LogP) is -0.351. The van der Waals surface area contributed by atoms with Gasteiger partial charge in [-0.05, 0) is 31.6 Å². The van der Waals surface area contributed by atoms with Crippen LogP contribution in [0.15, 0.2) is 0 Å². The summed E-state index contributed by atoms with van der Waals surface area (Å²) in [5.74, 6) is -2.80. The maximum atomic E-state index is 12.1. The van der Waals surface area contributed by atoms with Gasteiger partial charge in [0.05, 0.1) is 11.0 Å². The quantitative estimate of drug-likeness (QED) is 0.364. The van der Waals surface area contributed by atoms with E-state index in [-0.39, 0.29) is 19.3 Å². The van der Waals surface area contributed by atoms with Crippen LogP contribution in [0.3, 0.4) is 0 Å². The van der Waals surface area contributed by atoms with Crippen molar-refractivity contribution < 1.29 is 35.4 Å². The molecule has 0 spiro atoms. The monoisotopic (exact) mass is 384 g/mol. The maximum Gasteiger partial charge on any atom is 0.178 e. The normalized spacial score (nSPS) is 71.6. The van der Waals surface area contributed by atoms with Crippen LogP contribution in [0.1, 0.15) is 60.3 Å². The fourth-order valence-electron chi connectivity index (χ4n) is 8.54. The molecule has 7 heteroatoms. The van der Waals surface area contributed by atoms with Crippen molar-refractivity contribution in [2.45, 2.75) is 100 Å². The lowest BCUT2D eigenvalue weighted by atomic mass is 9.38. The number of hydrogen-bond donors (Lipinski definition) is 6. The zero-order valence-electron chi connectivity index (χ0n) is 16.7.